The molecule has 2 rings (SSSR count). The maximum absolute atomic E-state index is 6.39. The van der Waals surface area contributed by atoms with Crippen LogP contribution in [0.5, 0.6) is 0 Å². The van der Waals surface area contributed by atoms with Crippen LogP contribution < -0.4 is 5.73 Å². The van der Waals surface area contributed by atoms with Crippen LogP contribution in [0, 0.1) is 17.3 Å². The average Bonchev–Trinajstić information content (AvgIpc) is 2.74. The maximum Gasteiger partial charge on any atom is 0.0640 e. The molecule has 1 aromatic rings. The van der Waals surface area contributed by atoms with Crippen molar-refractivity contribution in [3.8, 4) is 0 Å². The van der Waals surface area contributed by atoms with Crippen LogP contribution in [0.1, 0.15) is 52.1 Å². The van der Waals surface area contributed by atoms with Gasteiger partial charge in [-0.05, 0) is 49.0 Å². The van der Waals surface area contributed by atoms with Crippen LogP contribution in [-0.2, 0) is 13.5 Å². The van der Waals surface area contributed by atoms with Gasteiger partial charge in [0.1, 0.15) is 0 Å². The number of hydrogen-bond donors (Lipinski definition) is 1. The minimum atomic E-state index is 0.274. The first kappa shape index (κ1) is 14.6. The lowest BCUT2D eigenvalue weighted by atomic mass is 9.68. The summed E-state index contributed by atoms with van der Waals surface area (Å²) in [6.45, 7) is 7.10. The quantitative estimate of drug-likeness (QED) is 0.910. The number of aryl methyl sites for hydroxylation is 1. The number of nitrogens with zero attached hydrogens (tertiary/aromatic N) is 2. The van der Waals surface area contributed by atoms with Gasteiger partial charge in [0.25, 0.3) is 0 Å². The first-order valence-corrected chi connectivity index (χ1v) is 7.60. The van der Waals surface area contributed by atoms with Crippen molar-refractivity contribution in [1.82, 2.24) is 9.78 Å². The SMILES string of the molecule is Cn1ccc(CC(N)C2CCC(C(C)(C)C)CC2)n1. The third-order valence-electron chi connectivity index (χ3n) is 4.82. The molecular weight excluding hydrogens is 234 g/mol. The van der Waals surface area contributed by atoms with Gasteiger partial charge in [0.15, 0.2) is 0 Å². The van der Waals surface area contributed by atoms with Crippen LogP contribution in [0.25, 0.3) is 0 Å². The smallest absolute Gasteiger partial charge is 0.0640 e. The Morgan fingerprint density at radius 2 is 1.95 bits per heavy atom. The average molecular weight is 263 g/mol. The summed E-state index contributed by atoms with van der Waals surface area (Å²) in [6, 6.07) is 2.36. The van der Waals surface area contributed by atoms with Gasteiger partial charge < -0.3 is 5.73 Å². The van der Waals surface area contributed by atoms with Gasteiger partial charge in [0.2, 0.25) is 0 Å². The Hall–Kier alpha value is -0.830. The molecule has 0 bridgehead atoms. The highest BCUT2D eigenvalue weighted by Crippen LogP contribution is 2.40. The molecule has 0 amide bonds. The van der Waals surface area contributed by atoms with E-state index in [1.54, 1.807) is 0 Å². The second-order valence-corrected chi connectivity index (χ2v) is 7.33. The van der Waals surface area contributed by atoms with Gasteiger partial charge in [-0.3, -0.25) is 4.68 Å². The zero-order chi connectivity index (χ0) is 14.0. The molecule has 0 aromatic carbocycles. The molecule has 1 unspecified atom stereocenters. The normalized spacial score (nSPS) is 26.4. The zero-order valence-corrected chi connectivity index (χ0v) is 12.9. The van der Waals surface area contributed by atoms with Gasteiger partial charge in [-0.15, -0.1) is 0 Å². The maximum atomic E-state index is 6.39. The Kier molecular flexibility index (Phi) is 4.34. The second-order valence-electron chi connectivity index (χ2n) is 7.33. The van der Waals surface area contributed by atoms with Crippen LogP contribution in [0.15, 0.2) is 12.3 Å². The summed E-state index contributed by atoms with van der Waals surface area (Å²) in [6.07, 6.45) is 8.17. The lowest BCUT2D eigenvalue weighted by Crippen LogP contribution is -2.37. The molecule has 1 atom stereocenters. The Balaban J connectivity index is 1.84. The highest BCUT2D eigenvalue weighted by Gasteiger charge is 2.31. The van der Waals surface area contributed by atoms with Crippen molar-refractivity contribution in [2.75, 3.05) is 0 Å². The van der Waals surface area contributed by atoms with Crippen molar-refractivity contribution < 1.29 is 0 Å². The first-order chi connectivity index (χ1) is 8.86. The molecule has 1 fully saturated rings. The highest BCUT2D eigenvalue weighted by atomic mass is 15.2. The van der Waals surface area contributed by atoms with E-state index < -0.39 is 0 Å². The van der Waals surface area contributed by atoms with E-state index in [4.69, 9.17) is 5.73 Å². The summed E-state index contributed by atoms with van der Waals surface area (Å²) in [5, 5.41) is 4.44. The third-order valence-corrected chi connectivity index (χ3v) is 4.82. The van der Waals surface area contributed by atoms with Gasteiger partial charge in [-0.1, -0.05) is 20.8 Å². The minimum Gasteiger partial charge on any atom is -0.327 e. The standard InChI is InChI=1S/C16H29N3/c1-16(2,3)13-7-5-12(6-8-13)15(17)11-14-9-10-19(4)18-14/h9-10,12-13,15H,5-8,11,17H2,1-4H3. The predicted molar refractivity (Wildman–Crippen MR) is 79.8 cm³/mol. The molecule has 19 heavy (non-hydrogen) atoms. The Bertz CT molecular complexity index is 394. The summed E-state index contributed by atoms with van der Waals surface area (Å²) in [5.74, 6) is 1.55. The molecule has 108 valence electrons. The molecule has 1 aliphatic carbocycles. The van der Waals surface area contributed by atoms with E-state index >= 15 is 0 Å². The number of nitrogens with two attached hydrogens (primary N) is 1. The Morgan fingerprint density at radius 1 is 1.32 bits per heavy atom. The Labute approximate surface area is 117 Å². The molecule has 2 N–H and O–H groups in total. The van der Waals surface area contributed by atoms with E-state index in [1.165, 1.54) is 25.7 Å². The molecule has 0 spiro atoms. The summed E-state index contributed by atoms with van der Waals surface area (Å²) in [5.41, 5.74) is 7.98. The summed E-state index contributed by atoms with van der Waals surface area (Å²) in [4.78, 5) is 0. The fraction of sp³-hybridized carbons (Fsp3) is 0.812. The molecule has 0 saturated heterocycles. The third kappa shape index (κ3) is 3.82. The number of rotatable bonds is 3. The number of aromatic nitrogens is 2. The molecule has 1 aromatic heterocycles. The van der Waals surface area contributed by atoms with Gasteiger partial charge in [-0.25, -0.2) is 0 Å². The minimum absolute atomic E-state index is 0.274. The van der Waals surface area contributed by atoms with Crippen molar-refractivity contribution in [2.24, 2.45) is 30.0 Å². The van der Waals surface area contributed by atoms with E-state index in [0.717, 1.165) is 18.0 Å². The molecular formula is C16H29N3. The lowest BCUT2D eigenvalue weighted by Gasteiger charge is -2.38. The zero-order valence-electron chi connectivity index (χ0n) is 12.9. The summed E-state index contributed by atoms with van der Waals surface area (Å²) in [7, 11) is 1.96. The van der Waals surface area contributed by atoms with Crippen molar-refractivity contribution in [1.29, 1.82) is 0 Å². The number of hydrogen-bond acceptors (Lipinski definition) is 2. The van der Waals surface area contributed by atoms with Crippen LogP contribution in [-0.4, -0.2) is 15.8 Å². The largest absolute Gasteiger partial charge is 0.327 e. The summed E-state index contributed by atoms with van der Waals surface area (Å²) < 4.78 is 1.86. The van der Waals surface area contributed by atoms with Crippen molar-refractivity contribution in [3.63, 3.8) is 0 Å². The van der Waals surface area contributed by atoms with E-state index in [-0.39, 0.29) is 6.04 Å². The van der Waals surface area contributed by atoms with Crippen molar-refractivity contribution in [3.05, 3.63) is 18.0 Å². The fourth-order valence-electron chi connectivity index (χ4n) is 3.39. The highest BCUT2D eigenvalue weighted by molar-refractivity contribution is 5.02. The van der Waals surface area contributed by atoms with E-state index in [9.17, 15) is 0 Å². The topological polar surface area (TPSA) is 43.8 Å². The van der Waals surface area contributed by atoms with Crippen LogP contribution in [0.2, 0.25) is 0 Å². The lowest BCUT2D eigenvalue weighted by molar-refractivity contribution is 0.139. The van der Waals surface area contributed by atoms with Crippen molar-refractivity contribution in [2.45, 2.75) is 58.9 Å². The molecule has 1 heterocycles. The Morgan fingerprint density at radius 3 is 2.42 bits per heavy atom. The predicted octanol–water partition coefficient (Wildman–Crippen LogP) is 3.14. The van der Waals surface area contributed by atoms with Gasteiger partial charge in [-0.2, -0.15) is 5.10 Å². The molecule has 3 nitrogen and oxygen atoms in total. The monoisotopic (exact) mass is 263 g/mol. The van der Waals surface area contributed by atoms with Crippen molar-refractivity contribution >= 4 is 0 Å². The van der Waals surface area contributed by atoms with Gasteiger partial charge >= 0.3 is 0 Å². The van der Waals surface area contributed by atoms with E-state index in [1.807, 2.05) is 17.9 Å². The van der Waals surface area contributed by atoms with Crippen LogP contribution >= 0.6 is 0 Å². The molecule has 0 aliphatic heterocycles. The molecule has 1 saturated carbocycles. The molecule has 0 radical (unpaired) electrons. The van der Waals surface area contributed by atoms with Crippen LogP contribution in [0.3, 0.4) is 0 Å². The van der Waals surface area contributed by atoms with E-state index in [2.05, 4.69) is 31.9 Å². The van der Waals surface area contributed by atoms with E-state index in [0.29, 0.717) is 11.3 Å². The summed E-state index contributed by atoms with van der Waals surface area (Å²) >= 11 is 0. The molecule has 1 aliphatic rings. The molecule has 3 heteroatoms. The fourth-order valence-corrected chi connectivity index (χ4v) is 3.39. The second kappa shape index (κ2) is 5.66. The first-order valence-electron chi connectivity index (χ1n) is 7.60. The van der Waals surface area contributed by atoms with Crippen LogP contribution in [0.4, 0.5) is 0 Å². The van der Waals surface area contributed by atoms with Gasteiger partial charge in [0, 0.05) is 25.7 Å². The van der Waals surface area contributed by atoms with Gasteiger partial charge in [0.05, 0.1) is 5.69 Å².